The molecule has 0 aliphatic carbocycles. The fraction of sp³-hybridized carbons (Fsp3) is 0.273. The molecule has 1 heterocycles. The van der Waals surface area contributed by atoms with Crippen LogP contribution < -0.4 is 5.32 Å². The van der Waals surface area contributed by atoms with E-state index in [9.17, 15) is 14.0 Å². The summed E-state index contributed by atoms with van der Waals surface area (Å²) >= 11 is 1.29. The third kappa shape index (κ3) is 5.48. The zero-order valence-corrected chi connectivity index (χ0v) is 17.7. The first-order valence-corrected chi connectivity index (χ1v) is 10.5. The molecular formula is C22H23FN4O2S. The van der Waals surface area contributed by atoms with Crippen molar-refractivity contribution >= 4 is 28.3 Å². The Bertz CT molecular complexity index is 1010. The number of carbonyl (C=O) groups is 2. The molecule has 2 amide bonds. The molecule has 156 valence electrons. The van der Waals surface area contributed by atoms with Crippen LogP contribution >= 0.6 is 11.3 Å². The van der Waals surface area contributed by atoms with E-state index in [1.165, 1.54) is 29.5 Å². The first kappa shape index (κ1) is 21.6. The van der Waals surface area contributed by atoms with Crippen molar-refractivity contribution in [1.82, 2.24) is 15.1 Å². The molecule has 0 saturated carbocycles. The lowest BCUT2D eigenvalue weighted by molar-refractivity contribution is -0.116. The predicted molar refractivity (Wildman–Crippen MR) is 116 cm³/mol. The fourth-order valence-electron chi connectivity index (χ4n) is 2.90. The van der Waals surface area contributed by atoms with Crippen LogP contribution in [0.4, 0.5) is 9.52 Å². The smallest absolute Gasteiger partial charge is 0.254 e. The number of nitrogens with zero attached hydrogens (tertiary/aromatic N) is 3. The highest BCUT2D eigenvalue weighted by Crippen LogP contribution is 2.26. The Kier molecular flexibility index (Phi) is 7.24. The summed E-state index contributed by atoms with van der Waals surface area (Å²) in [5.74, 6) is -1.02. The predicted octanol–water partition coefficient (Wildman–Crippen LogP) is 4.61. The molecule has 0 aliphatic heterocycles. The molecule has 1 unspecified atom stereocenters. The minimum atomic E-state index is -0.465. The van der Waals surface area contributed by atoms with Crippen molar-refractivity contribution in [3.8, 4) is 10.6 Å². The number of amides is 2. The Morgan fingerprint density at radius 2 is 1.90 bits per heavy atom. The Labute approximate surface area is 178 Å². The summed E-state index contributed by atoms with van der Waals surface area (Å²) in [7, 11) is 0. The van der Waals surface area contributed by atoms with Crippen molar-refractivity contribution < 1.29 is 14.0 Å². The minimum Gasteiger partial charge on any atom is -0.335 e. The molecule has 1 atom stereocenters. The number of rotatable bonds is 8. The molecule has 3 rings (SSSR count). The lowest BCUT2D eigenvalue weighted by Crippen LogP contribution is -2.40. The van der Waals surface area contributed by atoms with E-state index >= 15 is 0 Å². The van der Waals surface area contributed by atoms with Gasteiger partial charge in [-0.25, -0.2) is 4.39 Å². The van der Waals surface area contributed by atoms with Gasteiger partial charge in [0, 0.05) is 30.1 Å². The van der Waals surface area contributed by atoms with Crippen molar-refractivity contribution in [3.63, 3.8) is 0 Å². The van der Waals surface area contributed by atoms with Crippen molar-refractivity contribution in [2.75, 3.05) is 11.9 Å². The minimum absolute atomic E-state index is 0.0835. The largest absolute Gasteiger partial charge is 0.335 e. The molecule has 6 nitrogen and oxygen atoms in total. The number of aromatic nitrogens is 2. The highest BCUT2D eigenvalue weighted by atomic mass is 32.1. The lowest BCUT2D eigenvalue weighted by atomic mass is 10.1. The molecule has 8 heteroatoms. The molecule has 3 aromatic rings. The van der Waals surface area contributed by atoms with E-state index in [-0.39, 0.29) is 36.4 Å². The molecule has 2 aromatic carbocycles. The summed E-state index contributed by atoms with van der Waals surface area (Å²) in [5, 5.41) is 12.0. The number of hydrogen-bond acceptors (Lipinski definition) is 5. The van der Waals surface area contributed by atoms with E-state index in [0.29, 0.717) is 10.1 Å². The number of hydrogen-bond donors (Lipinski definition) is 1. The monoisotopic (exact) mass is 426 g/mol. The number of halogens is 1. The molecule has 30 heavy (non-hydrogen) atoms. The van der Waals surface area contributed by atoms with E-state index in [4.69, 9.17) is 0 Å². The zero-order chi connectivity index (χ0) is 21.5. The van der Waals surface area contributed by atoms with Crippen LogP contribution in [0.15, 0.2) is 54.6 Å². The van der Waals surface area contributed by atoms with Gasteiger partial charge in [0.25, 0.3) is 5.91 Å². The summed E-state index contributed by atoms with van der Waals surface area (Å²) < 4.78 is 13.5. The van der Waals surface area contributed by atoms with Gasteiger partial charge in [-0.05, 0) is 31.5 Å². The lowest BCUT2D eigenvalue weighted by Gasteiger charge is -2.28. The van der Waals surface area contributed by atoms with Gasteiger partial charge in [0.2, 0.25) is 11.0 Å². The molecule has 0 aliphatic rings. The Hall–Kier alpha value is -3.13. The SMILES string of the molecule is CCC(C)N(CCC(=O)Nc1nnc(-c2ccccc2)s1)C(=O)c1cccc(F)c1. The van der Waals surface area contributed by atoms with Gasteiger partial charge in [0.05, 0.1) is 0 Å². The maximum atomic E-state index is 13.5. The van der Waals surface area contributed by atoms with Gasteiger partial charge in [0.1, 0.15) is 10.8 Å². The van der Waals surface area contributed by atoms with E-state index in [1.807, 2.05) is 44.2 Å². The van der Waals surface area contributed by atoms with Crippen molar-refractivity contribution in [2.45, 2.75) is 32.7 Å². The van der Waals surface area contributed by atoms with Crippen LogP contribution in [0.25, 0.3) is 10.6 Å². The van der Waals surface area contributed by atoms with E-state index in [2.05, 4.69) is 15.5 Å². The maximum absolute atomic E-state index is 13.5. The van der Waals surface area contributed by atoms with Crippen LogP contribution in [0.5, 0.6) is 0 Å². The molecule has 0 bridgehead atoms. The molecule has 0 saturated heterocycles. The summed E-state index contributed by atoms with van der Waals surface area (Å²) in [5.41, 5.74) is 1.20. The van der Waals surface area contributed by atoms with Crippen LogP contribution in [-0.4, -0.2) is 39.5 Å². The number of benzene rings is 2. The zero-order valence-electron chi connectivity index (χ0n) is 16.8. The van der Waals surface area contributed by atoms with Crippen molar-refractivity contribution in [3.05, 3.63) is 66.0 Å². The average Bonchev–Trinajstić information content (AvgIpc) is 3.22. The normalized spacial score (nSPS) is 11.7. The highest BCUT2D eigenvalue weighted by Gasteiger charge is 2.22. The maximum Gasteiger partial charge on any atom is 0.254 e. The molecule has 0 radical (unpaired) electrons. The van der Waals surface area contributed by atoms with Crippen LogP contribution in [-0.2, 0) is 4.79 Å². The van der Waals surface area contributed by atoms with Gasteiger partial charge in [-0.1, -0.05) is 54.7 Å². The topological polar surface area (TPSA) is 75.2 Å². The van der Waals surface area contributed by atoms with Crippen LogP contribution in [0.2, 0.25) is 0 Å². The number of nitrogens with one attached hydrogen (secondary N) is 1. The fourth-order valence-corrected chi connectivity index (χ4v) is 3.67. The molecular weight excluding hydrogens is 403 g/mol. The Balaban J connectivity index is 1.62. The summed E-state index contributed by atoms with van der Waals surface area (Å²) in [6.07, 6.45) is 0.825. The van der Waals surface area contributed by atoms with Crippen LogP contribution in [0.1, 0.15) is 37.0 Å². The number of carbonyl (C=O) groups excluding carboxylic acids is 2. The third-order valence-corrected chi connectivity index (χ3v) is 5.61. The molecule has 0 fully saturated rings. The Morgan fingerprint density at radius 1 is 1.13 bits per heavy atom. The second kappa shape index (κ2) is 10.1. The molecule has 1 N–H and O–H groups in total. The molecule has 0 spiro atoms. The number of anilines is 1. The quantitative estimate of drug-likeness (QED) is 0.571. The first-order chi connectivity index (χ1) is 14.5. The first-order valence-electron chi connectivity index (χ1n) is 9.73. The summed E-state index contributed by atoms with van der Waals surface area (Å²) in [4.78, 5) is 26.9. The standard InChI is InChI=1S/C22H23FN4O2S/c1-3-15(2)27(21(29)17-10-7-11-18(23)14-17)13-12-19(28)24-22-26-25-20(30-22)16-8-5-4-6-9-16/h4-11,14-15H,3,12-13H2,1-2H3,(H,24,26,28). The van der Waals surface area contributed by atoms with Crippen LogP contribution in [0, 0.1) is 5.82 Å². The van der Waals surface area contributed by atoms with Crippen LogP contribution in [0.3, 0.4) is 0 Å². The Morgan fingerprint density at radius 3 is 2.60 bits per heavy atom. The highest BCUT2D eigenvalue weighted by molar-refractivity contribution is 7.18. The van der Waals surface area contributed by atoms with Gasteiger partial charge in [-0.2, -0.15) is 0 Å². The van der Waals surface area contributed by atoms with Gasteiger partial charge < -0.3 is 10.2 Å². The summed E-state index contributed by atoms with van der Waals surface area (Å²) in [6.45, 7) is 4.09. The second-order valence-corrected chi connectivity index (χ2v) is 7.82. The van der Waals surface area contributed by atoms with Gasteiger partial charge in [-0.15, -0.1) is 10.2 Å². The van der Waals surface area contributed by atoms with Crippen molar-refractivity contribution in [1.29, 1.82) is 0 Å². The molecule has 1 aromatic heterocycles. The summed E-state index contributed by atoms with van der Waals surface area (Å²) in [6, 6.07) is 15.1. The van der Waals surface area contributed by atoms with E-state index in [0.717, 1.165) is 12.0 Å². The van der Waals surface area contributed by atoms with E-state index < -0.39 is 5.82 Å². The van der Waals surface area contributed by atoms with Gasteiger partial charge in [-0.3, -0.25) is 9.59 Å². The third-order valence-electron chi connectivity index (χ3n) is 4.73. The second-order valence-electron chi connectivity index (χ2n) is 6.84. The van der Waals surface area contributed by atoms with Gasteiger partial charge in [0.15, 0.2) is 0 Å². The van der Waals surface area contributed by atoms with Crippen molar-refractivity contribution in [2.24, 2.45) is 0 Å². The average molecular weight is 427 g/mol. The van der Waals surface area contributed by atoms with Gasteiger partial charge >= 0.3 is 0 Å². The van der Waals surface area contributed by atoms with E-state index in [1.54, 1.807) is 11.0 Å².